The lowest BCUT2D eigenvalue weighted by Crippen LogP contribution is -2.21. The normalized spacial score (nSPS) is 17.8. The maximum absolute atomic E-state index is 12.2. The summed E-state index contributed by atoms with van der Waals surface area (Å²) in [5, 5.41) is 8.96. The Hall–Kier alpha value is -0.380. The number of sulfone groups is 1. The molecule has 0 bridgehead atoms. The summed E-state index contributed by atoms with van der Waals surface area (Å²) in [5.41, 5.74) is 0. The number of rotatable bonds is 2. The Kier molecular flexibility index (Phi) is 2.89. The third-order valence-corrected chi connectivity index (χ3v) is 6.50. The average molecular weight is 365 g/mol. The lowest BCUT2D eigenvalue weighted by Gasteiger charge is -2.10. The fourth-order valence-electron chi connectivity index (χ4n) is 1.45. The van der Waals surface area contributed by atoms with E-state index in [1.165, 1.54) is 6.07 Å². The van der Waals surface area contributed by atoms with Crippen LogP contribution in [0.1, 0.15) is 12.8 Å². The molecule has 0 radical (unpaired) electrons. The third kappa shape index (κ3) is 1.71. The summed E-state index contributed by atoms with van der Waals surface area (Å²) < 4.78 is 24.5. The fourth-order valence-corrected chi connectivity index (χ4v) is 4.63. The van der Waals surface area contributed by atoms with Crippen molar-refractivity contribution in [3.8, 4) is 6.07 Å². The standard InChI is InChI=1S/C10H7Br2NO2S/c11-7-1-2-8(12)9(5-7)16(14,15)10(6-13)3-4-10/h1-2,5H,3-4H2. The first kappa shape index (κ1) is 12.1. The minimum absolute atomic E-state index is 0.181. The summed E-state index contributed by atoms with van der Waals surface area (Å²) in [6.45, 7) is 0. The molecule has 0 heterocycles. The van der Waals surface area contributed by atoms with Crippen LogP contribution in [0.15, 0.2) is 32.0 Å². The van der Waals surface area contributed by atoms with Gasteiger partial charge in [0.1, 0.15) is 0 Å². The average Bonchev–Trinajstić information content (AvgIpc) is 3.02. The van der Waals surface area contributed by atoms with E-state index >= 15 is 0 Å². The maximum atomic E-state index is 12.2. The smallest absolute Gasteiger partial charge is 0.198 e. The molecule has 3 nitrogen and oxygen atoms in total. The molecule has 0 aromatic heterocycles. The summed E-state index contributed by atoms with van der Waals surface area (Å²) in [4.78, 5) is 0.181. The number of nitrogens with zero attached hydrogens (tertiary/aromatic N) is 1. The lowest BCUT2D eigenvalue weighted by atomic mass is 10.4. The van der Waals surface area contributed by atoms with E-state index in [4.69, 9.17) is 5.26 Å². The largest absolute Gasteiger partial charge is 0.222 e. The van der Waals surface area contributed by atoms with Crippen LogP contribution in [-0.4, -0.2) is 13.2 Å². The lowest BCUT2D eigenvalue weighted by molar-refractivity contribution is 0.587. The van der Waals surface area contributed by atoms with E-state index < -0.39 is 14.6 Å². The van der Waals surface area contributed by atoms with Crippen molar-refractivity contribution in [3.63, 3.8) is 0 Å². The second-order valence-corrected chi connectivity index (χ2v) is 7.68. The predicted octanol–water partition coefficient (Wildman–Crippen LogP) is 3.04. The van der Waals surface area contributed by atoms with Gasteiger partial charge in [0.2, 0.25) is 0 Å². The zero-order valence-corrected chi connectivity index (χ0v) is 12.1. The first-order valence-electron chi connectivity index (χ1n) is 4.54. The van der Waals surface area contributed by atoms with Crippen LogP contribution in [0.2, 0.25) is 0 Å². The van der Waals surface area contributed by atoms with E-state index in [9.17, 15) is 8.42 Å². The minimum atomic E-state index is -3.57. The molecule has 2 rings (SSSR count). The first-order chi connectivity index (χ1) is 7.43. The second kappa shape index (κ2) is 3.83. The molecule has 0 saturated heterocycles. The molecule has 16 heavy (non-hydrogen) atoms. The van der Waals surface area contributed by atoms with Crippen LogP contribution in [0.5, 0.6) is 0 Å². The number of halogens is 2. The molecular weight excluding hydrogens is 358 g/mol. The zero-order chi connectivity index (χ0) is 12.0. The SMILES string of the molecule is N#CC1(S(=O)(=O)c2cc(Br)ccc2Br)CC1. The molecule has 0 unspecified atom stereocenters. The summed E-state index contributed by atoms with van der Waals surface area (Å²) >= 11 is 6.44. The van der Waals surface area contributed by atoms with Crippen molar-refractivity contribution in [2.45, 2.75) is 22.5 Å². The van der Waals surface area contributed by atoms with Crippen molar-refractivity contribution in [1.82, 2.24) is 0 Å². The van der Waals surface area contributed by atoms with Crippen LogP contribution in [0.4, 0.5) is 0 Å². The summed E-state index contributed by atoms with van der Waals surface area (Å²) in [7, 11) is -3.57. The Morgan fingerprint density at radius 1 is 1.31 bits per heavy atom. The van der Waals surface area contributed by atoms with E-state index in [0.29, 0.717) is 21.8 Å². The molecule has 1 fully saturated rings. The molecule has 0 N–H and O–H groups in total. The van der Waals surface area contributed by atoms with Crippen LogP contribution in [0.25, 0.3) is 0 Å². The topological polar surface area (TPSA) is 57.9 Å². The highest BCUT2D eigenvalue weighted by molar-refractivity contribution is 9.11. The highest BCUT2D eigenvalue weighted by atomic mass is 79.9. The van der Waals surface area contributed by atoms with Crippen LogP contribution in [0.3, 0.4) is 0 Å². The van der Waals surface area contributed by atoms with E-state index in [0.717, 1.165) is 0 Å². The summed E-state index contributed by atoms with van der Waals surface area (Å²) in [5.74, 6) is 0. The van der Waals surface area contributed by atoms with Gasteiger partial charge in [-0.1, -0.05) is 15.9 Å². The van der Waals surface area contributed by atoms with Crippen molar-refractivity contribution in [1.29, 1.82) is 5.26 Å². The van der Waals surface area contributed by atoms with Crippen LogP contribution >= 0.6 is 31.9 Å². The van der Waals surface area contributed by atoms with Crippen molar-refractivity contribution in [2.75, 3.05) is 0 Å². The molecule has 6 heteroatoms. The number of hydrogen-bond acceptors (Lipinski definition) is 3. The Morgan fingerprint density at radius 3 is 2.44 bits per heavy atom. The minimum Gasteiger partial charge on any atom is -0.222 e. The molecule has 0 amide bonds. The van der Waals surface area contributed by atoms with E-state index in [2.05, 4.69) is 31.9 Å². The Labute approximate surface area is 111 Å². The predicted molar refractivity (Wildman–Crippen MR) is 66.6 cm³/mol. The maximum Gasteiger partial charge on any atom is 0.198 e. The number of nitriles is 1. The van der Waals surface area contributed by atoms with Gasteiger partial charge >= 0.3 is 0 Å². The second-order valence-electron chi connectivity index (χ2n) is 3.68. The molecule has 1 saturated carbocycles. The van der Waals surface area contributed by atoms with E-state index in [1.807, 2.05) is 6.07 Å². The van der Waals surface area contributed by atoms with Crippen molar-refractivity contribution >= 4 is 41.7 Å². The van der Waals surface area contributed by atoms with Gasteiger partial charge in [-0.2, -0.15) is 5.26 Å². The van der Waals surface area contributed by atoms with E-state index in [-0.39, 0.29) is 4.90 Å². The molecule has 1 aromatic carbocycles. The van der Waals surface area contributed by atoms with Crippen LogP contribution in [-0.2, 0) is 9.84 Å². The van der Waals surface area contributed by atoms with Gasteiger partial charge in [0.15, 0.2) is 14.6 Å². The highest BCUT2D eigenvalue weighted by Crippen LogP contribution is 2.47. The van der Waals surface area contributed by atoms with E-state index in [1.54, 1.807) is 12.1 Å². The van der Waals surface area contributed by atoms with Gasteiger partial charge in [0.25, 0.3) is 0 Å². The first-order valence-corrected chi connectivity index (χ1v) is 7.61. The van der Waals surface area contributed by atoms with Gasteiger partial charge in [-0.25, -0.2) is 8.42 Å². The number of benzene rings is 1. The fraction of sp³-hybridized carbons (Fsp3) is 0.300. The van der Waals surface area contributed by atoms with Gasteiger partial charge in [-0.05, 0) is 47.0 Å². The van der Waals surface area contributed by atoms with Gasteiger partial charge in [0.05, 0.1) is 11.0 Å². The molecule has 1 aromatic rings. The molecular formula is C10H7Br2NO2S. The summed E-state index contributed by atoms with van der Waals surface area (Å²) in [6, 6.07) is 6.84. The monoisotopic (exact) mass is 363 g/mol. The van der Waals surface area contributed by atoms with Crippen molar-refractivity contribution in [3.05, 3.63) is 27.1 Å². The molecule has 1 aliphatic carbocycles. The zero-order valence-electron chi connectivity index (χ0n) is 8.07. The van der Waals surface area contributed by atoms with Crippen molar-refractivity contribution in [2.24, 2.45) is 0 Å². The van der Waals surface area contributed by atoms with Gasteiger partial charge in [0, 0.05) is 8.95 Å². The Morgan fingerprint density at radius 2 is 1.94 bits per heavy atom. The van der Waals surface area contributed by atoms with Crippen molar-refractivity contribution < 1.29 is 8.42 Å². The molecule has 84 valence electrons. The molecule has 0 atom stereocenters. The third-order valence-electron chi connectivity index (χ3n) is 2.61. The molecule has 1 aliphatic rings. The van der Waals surface area contributed by atoms with Gasteiger partial charge in [-0.3, -0.25) is 0 Å². The highest BCUT2D eigenvalue weighted by Gasteiger charge is 2.56. The van der Waals surface area contributed by atoms with Crippen LogP contribution < -0.4 is 0 Å². The quantitative estimate of drug-likeness (QED) is 0.810. The summed E-state index contributed by atoms with van der Waals surface area (Å²) in [6.07, 6.45) is 0.843. The number of hydrogen-bond donors (Lipinski definition) is 0. The molecule has 0 aliphatic heterocycles. The Balaban J connectivity index is 2.62. The van der Waals surface area contributed by atoms with Crippen LogP contribution in [0, 0.1) is 11.3 Å². The molecule has 0 spiro atoms. The Bertz CT molecular complexity index is 585. The van der Waals surface area contributed by atoms with Gasteiger partial charge < -0.3 is 0 Å². The van der Waals surface area contributed by atoms with Gasteiger partial charge in [-0.15, -0.1) is 0 Å².